The molecule has 0 spiro atoms. The van der Waals surface area contributed by atoms with Crippen LogP contribution in [0.25, 0.3) is 10.9 Å². The Kier molecular flexibility index (Phi) is 3.98. The molecule has 2 aromatic rings. The van der Waals surface area contributed by atoms with E-state index in [0.717, 1.165) is 22.9 Å². The Hall–Kier alpha value is -1.37. The number of nitrogens with zero attached hydrogens (tertiary/aromatic N) is 3. The first-order chi connectivity index (χ1) is 11.7. The summed E-state index contributed by atoms with van der Waals surface area (Å²) in [5, 5.41) is 5.96. The summed E-state index contributed by atoms with van der Waals surface area (Å²) in [6.07, 6.45) is 4.60. The zero-order valence-corrected chi connectivity index (χ0v) is 16.0. The molecule has 134 valence electrons. The van der Waals surface area contributed by atoms with Gasteiger partial charge >= 0.3 is 7.12 Å². The van der Waals surface area contributed by atoms with Gasteiger partial charge < -0.3 is 14.2 Å². The zero-order valence-electron chi connectivity index (χ0n) is 16.0. The lowest BCUT2D eigenvalue weighted by atomic mass is 9.79. The minimum atomic E-state index is -0.321. The Bertz CT molecular complexity index is 770. The van der Waals surface area contributed by atoms with E-state index in [2.05, 4.69) is 68.7 Å². The maximum Gasteiger partial charge on any atom is 0.494 e. The molecule has 1 aromatic carbocycles. The van der Waals surface area contributed by atoms with Crippen LogP contribution in [0.4, 0.5) is 0 Å². The zero-order chi connectivity index (χ0) is 17.8. The second-order valence-electron chi connectivity index (χ2n) is 8.57. The minimum Gasteiger partial charge on any atom is -0.399 e. The van der Waals surface area contributed by atoms with Crippen molar-refractivity contribution in [2.24, 2.45) is 0 Å². The van der Waals surface area contributed by atoms with E-state index in [-0.39, 0.29) is 18.3 Å². The van der Waals surface area contributed by atoms with Gasteiger partial charge in [0.2, 0.25) is 0 Å². The molecule has 4 rings (SSSR count). The molecule has 0 radical (unpaired) electrons. The normalized spacial score (nSPS) is 26.4. The van der Waals surface area contributed by atoms with Crippen molar-refractivity contribution >= 4 is 23.5 Å². The number of aromatic nitrogens is 2. The van der Waals surface area contributed by atoms with Gasteiger partial charge in [0, 0.05) is 18.1 Å². The highest BCUT2D eigenvalue weighted by Gasteiger charge is 2.51. The monoisotopic (exact) mass is 341 g/mol. The van der Waals surface area contributed by atoms with Gasteiger partial charge in [-0.1, -0.05) is 12.1 Å². The first-order valence-electron chi connectivity index (χ1n) is 9.28. The second kappa shape index (κ2) is 5.83. The molecular weight excluding hydrogens is 313 g/mol. The van der Waals surface area contributed by atoms with Gasteiger partial charge in [-0.25, -0.2) is 0 Å². The number of hydrogen-bond acceptors (Lipinski definition) is 4. The van der Waals surface area contributed by atoms with Crippen LogP contribution in [-0.4, -0.2) is 53.1 Å². The van der Waals surface area contributed by atoms with Crippen LogP contribution >= 0.6 is 0 Å². The lowest BCUT2D eigenvalue weighted by molar-refractivity contribution is 0.00578. The van der Waals surface area contributed by atoms with Gasteiger partial charge in [-0.15, -0.1) is 0 Å². The number of rotatable bonds is 2. The Morgan fingerprint density at radius 2 is 1.88 bits per heavy atom. The van der Waals surface area contributed by atoms with Crippen LogP contribution in [0.2, 0.25) is 0 Å². The highest BCUT2D eigenvalue weighted by molar-refractivity contribution is 6.62. The predicted octanol–water partition coefficient (Wildman–Crippen LogP) is 2.60. The average molecular weight is 341 g/mol. The largest absolute Gasteiger partial charge is 0.494 e. The molecule has 2 fully saturated rings. The van der Waals surface area contributed by atoms with E-state index in [1.807, 2.05) is 0 Å². The molecule has 6 heteroatoms. The molecule has 1 atom stereocenters. The van der Waals surface area contributed by atoms with Crippen molar-refractivity contribution in [3.63, 3.8) is 0 Å². The number of hydrogen-bond donors (Lipinski definition) is 0. The van der Waals surface area contributed by atoms with Gasteiger partial charge in [-0.2, -0.15) is 5.10 Å². The van der Waals surface area contributed by atoms with Crippen LogP contribution in [0.5, 0.6) is 0 Å². The lowest BCUT2D eigenvalue weighted by Gasteiger charge is -2.32. The van der Waals surface area contributed by atoms with Crippen LogP contribution in [0.1, 0.15) is 46.6 Å². The van der Waals surface area contributed by atoms with E-state index >= 15 is 0 Å². The Morgan fingerprint density at radius 1 is 1.16 bits per heavy atom. The third-order valence-corrected chi connectivity index (χ3v) is 6.05. The first-order valence-corrected chi connectivity index (χ1v) is 9.28. The van der Waals surface area contributed by atoms with Gasteiger partial charge in [-0.05, 0) is 65.7 Å². The topological polar surface area (TPSA) is 39.5 Å². The molecule has 0 saturated carbocycles. The van der Waals surface area contributed by atoms with Gasteiger partial charge in [0.05, 0.1) is 22.8 Å². The fourth-order valence-corrected chi connectivity index (χ4v) is 3.73. The van der Waals surface area contributed by atoms with Crippen molar-refractivity contribution < 1.29 is 9.31 Å². The molecular formula is C19H28BN3O2. The van der Waals surface area contributed by atoms with Crippen LogP contribution in [0, 0.1) is 0 Å². The van der Waals surface area contributed by atoms with Crippen molar-refractivity contribution in [1.29, 1.82) is 0 Å². The highest BCUT2D eigenvalue weighted by Crippen LogP contribution is 2.36. The van der Waals surface area contributed by atoms with Gasteiger partial charge in [0.1, 0.15) is 0 Å². The van der Waals surface area contributed by atoms with Crippen LogP contribution in [0.15, 0.2) is 24.4 Å². The summed E-state index contributed by atoms with van der Waals surface area (Å²) in [7, 11) is 1.87. The summed E-state index contributed by atoms with van der Waals surface area (Å²) in [6, 6.07) is 6.78. The van der Waals surface area contributed by atoms with Crippen LogP contribution in [-0.2, 0) is 9.31 Å². The van der Waals surface area contributed by atoms with Crippen molar-refractivity contribution in [3.8, 4) is 0 Å². The Morgan fingerprint density at radius 3 is 2.56 bits per heavy atom. The summed E-state index contributed by atoms with van der Waals surface area (Å²) in [6.45, 7) is 10.6. The molecule has 1 aromatic heterocycles. The quantitative estimate of drug-likeness (QED) is 0.788. The average Bonchev–Trinajstić information content (AvgIpc) is 3.05. The van der Waals surface area contributed by atoms with Crippen molar-refractivity contribution in [3.05, 3.63) is 24.4 Å². The number of benzene rings is 1. The third-order valence-electron chi connectivity index (χ3n) is 6.05. The summed E-state index contributed by atoms with van der Waals surface area (Å²) >= 11 is 0. The predicted molar refractivity (Wildman–Crippen MR) is 101 cm³/mol. The Labute approximate surface area is 150 Å². The van der Waals surface area contributed by atoms with Gasteiger partial charge in [0.25, 0.3) is 0 Å². The molecule has 0 aliphatic carbocycles. The van der Waals surface area contributed by atoms with Crippen LogP contribution in [0.3, 0.4) is 0 Å². The molecule has 0 amide bonds. The molecule has 2 aliphatic rings. The highest BCUT2D eigenvalue weighted by atomic mass is 16.7. The smallest absolute Gasteiger partial charge is 0.399 e. The lowest BCUT2D eigenvalue weighted by Crippen LogP contribution is -2.41. The molecule has 1 unspecified atom stereocenters. The van der Waals surface area contributed by atoms with Crippen molar-refractivity contribution in [2.75, 3.05) is 20.1 Å². The van der Waals surface area contributed by atoms with Crippen molar-refractivity contribution in [1.82, 2.24) is 14.7 Å². The van der Waals surface area contributed by atoms with Crippen LogP contribution < -0.4 is 5.46 Å². The van der Waals surface area contributed by atoms with E-state index in [1.54, 1.807) is 0 Å². The third kappa shape index (κ3) is 3.00. The van der Waals surface area contributed by atoms with E-state index < -0.39 is 0 Å². The molecule has 3 heterocycles. The second-order valence-corrected chi connectivity index (χ2v) is 8.57. The number of likely N-dealkylation sites (N-methyl/N-ethyl adjacent to an activating group) is 1. The molecule has 0 bridgehead atoms. The van der Waals surface area contributed by atoms with E-state index in [4.69, 9.17) is 14.4 Å². The molecule has 0 N–H and O–H groups in total. The molecule has 2 aliphatic heterocycles. The molecule has 25 heavy (non-hydrogen) atoms. The first kappa shape index (κ1) is 17.1. The number of likely N-dealkylation sites (tertiary alicyclic amines) is 1. The fraction of sp³-hybridized carbons (Fsp3) is 0.632. The van der Waals surface area contributed by atoms with Crippen molar-refractivity contribution in [2.45, 2.75) is 57.8 Å². The molecule has 5 nitrogen and oxygen atoms in total. The van der Waals surface area contributed by atoms with Gasteiger partial charge in [0.15, 0.2) is 0 Å². The minimum absolute atomic E-state index is 0.316. The maximum absolute atomic E-state index is 6.18. The number of fused-ring (bicyclic) bond motifs is 1. The SMILES string of the molecule is CN1CCCC(n2cc3cc(B4OC(C)(C)C(C)(C)O4)ccc3n2)C1. The van der Waals surface area contributed by atoms with Gasteiger partial charge in [-0.3, -0.25) is 4.68 Å². The van der Waals surface area contributed by atoms with E-state index in [1.165, 1.54) is 19.4 Å². The summed E-state index contributed by atoms with van der Waals surface area (Å²) < 4.78 is 14.5. The maximum atomic E-state index is 6.18. The van der Waals surface area contributed by atoms with E-state index in [0.29, 0.717) is 6.04 Å². The summed E-state index contributed by atoms with van der Waals surface area (Å²) in [4.78, 5) is 2.39. The molecule has 2 saturated heterocycles. The summed E-state index contributed by atoms with van der Waals surface area (Å²) in [5.74, 6) is 0. The standard InChI is InChI=1S/C19H28BN3O2/c1-18(2)19(3,4)25-20(24-18)15-8-9-17-14(11-15)12-23(21-17)16-7-6-10-22(5)13-16/h8-9,11-12,16H,6-7,10,13H2,1-5H3. The van der Waals surface area contributed by atoms with E-state index in [9.17, 15) is 0 Å². The number of piperidine rings is 1. The summed E-state index contributed by atoms with van der Waals surface area (Å²) in [5.41, 5.74) is 1.47. The Balaban J connectivity index is 1.61. The fourth-order valence-electron chi connectivity index (χ4n) is 3.73.